The number of benzene rings is 2. The number of nitrogens with zero attached hydrogens (tertiary/aromatic N) is 1. The Morgan fingerprint density at radius 1 is 1.05 bits per heavy atom. The van der Waals surface area contributed by atoms with Crippen molar-refractivity contribution in [2.75, 3.05) is 13.1 Å². The molecule has 1 nitrogen and oxygen atoms in total. The molecule has 2 aromatic carbocycles. The van der Waals surface area contributed by atoms with Crippen LogP contribution in [0.2, 0.25) is 0 Å². The van der Waals surface area contributed by atoms with E-state index in [0.717, 1.165) is 6.54 Å². The molecule has 1 aliphatic heterocycles. The van der Waals surface area contributed by atoms with E-state index >= 15 is 0 Å². The van der Waals surface area contributed by atoms with Gasteiger partial charge in [0.25, 0.3) is 0 Å². The van der Waals surface area contributed by atoms with E-state index in [9.17, 15) is 0 Å². The van der Waals surface area contributed by atoms with E-state index in [0.29, 0.717) is 5.92 Å². The van der Waals surface area contributed by atoms with Crippen molar-refractivity contribution in [3.63, 3.8) is 0 Å². The molecule has 1 heterocycles. The van der Waals surface area contributed by atoms with Gasteiger partial charge < -0.3 is 0 Å². The van der Waals surface area contributed by atoms with E-state index in [1.807, 2.05) is 0 Å². The van der Waals surface area contributed by atoms with Crippen LogP contribution in [0, 0.1) is 13.8 Å². The SMILES string of the molecule is Cc1ccc(C)c(C2CCCN(Cc3ccccc3)C2)c1. The molecule has 0 spiro atoms. The smallest absolute Gasteiger partial charge is 0.0233 e. The molecule has 1 heteroatoms. The van der Waals surface area contributed by atoms with Gasteiger partial charge in [-0.1, -0.05) is 54.1 Å². The van der Waals surface area contributed by atoms with Crippen molar-refractivity contribution < 1.29 is 0 Å². The zero-order valence-corrected chi connectivity index (χ0v) is 13.2. The van der Waals surface area contributed by atoms with Gasteiger partial charge in [0.15, 0.2) is 0 Å². The quantitative estimate of drug-likeness (QED) is 0.788. The Balaban J connectivity index is 1.72. The summed E-state index contributed by atoms with van der Waals surface area (Å²) < 4.78 is 0. The van der Waals surface area contributed by atoms with Gasteiger partial charge in [-0.25, -0.2) is 0 Å². The second-order valence-electron chi connectivity index (χ2n) is 6.42. The number of rotatable bonds is 3. The largest absolute Gasteiger partial charge is 0.298 e. The third-order valence-corrected chi connectivity index (χ3v) is 4.63. The fourth-order valence-corrected chi connectivity index (χ4v) is 3.49. The molecule has 3 rings (SSSR count). The van der Waals surface area contributed by atoms with Gasteiger partial charge in [0.1, 0.15) is 0 Å². The number of likely N-dealkylation sites (tertiary alicyclic amines) is 1. The summed E-state index contributed by atoms with van der Waals surface area (Å²) in [5, 5.41) is 0. The van der Waals surface area contributed by atoms with E-state index in [1.54, 1.807) is 5.56 Å². The molecule has 0 bridgehead atoms. The van der Waals surface area contributed by atoms with Crippen LogP contribution in [0.5, 0.6) is 0 Å². The van der Waals surface area contributed by atoms with Gasteiger partial charge in [0.05, 0.1) is 0 Å². The van der Waals surface area contributed by atoms with Crippen LogP contribution in [0.4, 0.5) is 0 Å². The maximum absolute atomic E-state index is 2.62. The molecule has 1 fully saturated rings. The molecule has 0 saturated carbocycles. The molecule has 21 heavy (non-hydrogen) atoms. The van der Waals surface area contributed by atoms with Crippen LogP contribution in [0.3, 0.4) is 0 Å². The topological polar surface area (TPSA) is 3.24 Å². The summed E-state index contributed by atoms with van der Waals surface area (Å²) in [6.45, 7) is 7.97. The van der Waals surface area contributed by atoms with Crippen LogP contribution in [-0.2, 0) is 6.54 Å². The predicted octanol–water partition coefficient (Wildman–Crippen LogP) is 4.68. The Bertz CT molecular complexity index is 588. The van der Waals surface area contributed by atoms with Gasteiger partial charge in [0, 0.05) is 13.1 Å². The minimum absolute atomic E-state index is 0.697. The first-order chi connectivity index (χ1) is 10.2. The minimum atomic E-state index is 0.697. The van der Waals surface area contributed by atoms with Gasteiger partial charge in [-0.2, -0.15) is 0 Å². The second kappa shape index (κ2) is 6.44. The zero-order chi connectivity index (χ0) is 14.7. The lowest BCUT2D eigenvalue weighted by Gasteiger charge is -2.33. The average molecular weight is 279 g/mol. The average Bonchev–Trinajstić information content (AvgIpc) is 2.51. The first-order valence-corrected chi connectivity index (χ1v) is 8.06. The van der Waals surface area contributed by atoms with Gasteiger partial charge in [-0.3, -0.25) is 4.90 Å². The predicted molar refractivity (Wildman–Crippen MR) is 89.6 cm³/mol. The normalized spacial score (nSPS) is 19.6. The Kier molecular flexibility index (Phi) is 4.40. The molecule has 0 aliphatic carbocycles. The standard InChI is InChI=1S/C20H25N/c1-16-10-11-17(2)20(13-16)19-9-6-12-21(15-19)14-18-7-4-3-5-8-18/h3-5,7-8,10-11,13,19H,6,9,12,14-15H2,1-2H3. The number of hydrogen-bond acceptors (Lipinski definition) is 1. The van der Waals surface area contributed by atoms with Crippen molar-refractivity contribution in [1.29, 1.82) is 0 Å². The first-order valence-electron chi connectivity index (χ1n) is 8.06. The Morgan fingerprint density at radius 3 is 2.67 bits per heavy atom. The maximum atomic E-state index is 2.62. The summed E-state index contributed by atoms with van der Waals surface area (Å²) in [5.74, 6) is 0.697. The van der Waals surface area contributed by atoms with E-state index in [-0.39, 0.29) is 0 Å². The van der Waals surface area contributed by atoms with Crippen LogP contribution in [0.15, 0.2) is 48.5 Å². The van der Waals surface area contributed by atoms with Crippen molar-refractivity contribution in [2.45, 2.75) is 39.2 Å². The molecule has 0 amide bonds. The molecule has 1 aliphatic rings. The van der Waals surface area contributed by atoms with Gasteiger partial charge in [-0.15, -0.1) is 0 Å². The van der Waals surface area contributed by atoms with E-state index in [4.69, 9.17) is 0 Å². The van der Waals surface area contributed by atoms with Gasteiger partial charge >= 0.3 is 0 Å². The van der Waals surface area contributed by atoms with Gasteiger partial charge in [0.2, 0.25) is 0 Å². The number of aryl methyl sites for hydroxylation is 2. The van der Waals surface area contributed by atoms with E-state index in [1.165, 1.54) is 42.6 Å². The Labute approximate surface area is 128 Å². The third-order valence-electron chi connectivity index (χ3n) is 4.63. The Hall–Kier alpha value is -1.60. The molecule has 1 atom stereocenters. The van der Waals surface area contributed by atoms with Gasteiger partial charge in [-0.05, 0) is 55.8 Å². The molecular formula is C20H25N. The van der Waals surface area contributed by atoms with Crippen LogP contribution in [0.25, 0.3) is 0 Å². The van der Waals surface area contributed by atoms with Crippen LogP contribution < -0.4 is 0 Å². The van der Waals surface area contributed by atoms with Crippen molar-refractivity contribution >= 4 is 0 Å². The van der Waals surface area contributed by atoms with Crippen molar-refractivity contribution in [3.05, 3.63) is 70.8 Å². The van der Waals surface area contributed by atoms with E-state index in [2.05, 4.69) is 67.3 Å². The molecule has 0 radical (unpaired) electrons. The summed E-state index contributed by atoms with van der Waals surface area (Å²) >= 11 is 0. The highest BCUT2D eigenvalue weighted by Crippen LogP contribution is 2.30. The van der Waals surface area contributed by atoms with Crippen molar-refractivity contribution in [2.24, 2.45) is 0 Å². The summed E-state index contributed by atoms with van der Waals surface area (Å²) in [7, 11) is 0. The number of piperidine rings is 1. The second-order valence-corrected chi connectivity index (χ2v) is 6.42. The minimum Gasteiger partial charge on any atom is -0.298 e. The number of hydrogen-bond donors (Lipinski definition) is 0. The third kappa shape index (κ3) is 3.54. The molecule has 110 valence electrons. The van der Waals surface area contributed by atoms with Crippen LogP contribution in [0.1, 0.15) is 41.0 Å². The summed E-state index contributed by atoms with van der Waals surface area (Å²) in [5.41, 5.74) is 5.83. The highest BCUT2D eigenvalue weighted by atomic mass is 15.1. The molecular weight excluding hydrogens is 254 g/mol. The lowest BCUT2D eigenvalue weighted by atomic mass is 9.87. The highest BCUT2D eigenvalue weighted by molar-refractivity contribution is 5.34. The lowest BCUT2D eigenvalue weighted by molar-refractivity contribution is 0.200. The maximum Gasteiger partial charge on any atom is 0.0233 e. The Morgan fingerprint density at radius 2 is 1.86 bits per heavy atom. The fourth-order valence-electron chi connectivity index (χ4n) is 3.49. The van der Waals surface area contributed by atoms with Crippen LogP contribution >= 0.6 is 0 Å². The summed E-state index contributed by atoms with van der Waals surface area (Å²) in [6, 6.07) is 17.8. The fraction of sp³-hybridized carbons (Fsp3) is 0.400. The zero-order valence-electron chi connectivity index (χ0n) is 13.2. The summed E-state index contributed by atoms with van der Waals surface area (Å²) in [4.78, 5) is 2.62. The molecule has 0 aromatic heterocycles. The van der Waals surface area contributed by atoms with Crippen molar-refractivity contribution in [3.8, 4) is 0 Å². The monoisotopic (exact) mass is 279 g/mol. The lowest BCUT2D eigenvalue weighted by Crippen LogP contribution is -2.34. The molecule has 0 N–H and O–H groups in total. The van der Waals surface area contributed by atoms with Crippen molar-refractivity contribution in [1.82, 2.24) is 4.90 Å². The molecule has 2 aromatic rings. The highest BCUT2D eigenvalue weighted by Gasteiger charge is 2.22. The molecule has 1 unspecified atom stereocenters. The first kappa shape index (κ1) is 14.3. The molecule has 1 saturated heterocycles. The van der Waals surface area contributed by atoms with E-state index < -0.39 is 0 Å². The summed E-state index contributed by atoms with van der Waals surface area (Å²) in [6.07, 6.45) is 2.64. The van der Waals surface area contributed by atoms with Crippen LogP contribution in [-0.4, -0.2) is 18.0 Å².